The molecule has 5 fully saturated rings. The summed E-state index contributed by atoms with van der Waals surface area (Å²) >= 11 is 0. The van der Waals surface area contributed by atoms with Gasteiger partial charge in [-0.15, -0.1) is 0 Å². The molecule has 100 valence electrons. The Labute approximate surface area is 107 Å². The molecule has 0 aromatic heterocycles. The number of hydrogen-bond acceptors (Lipinski definition) is 2. The Morgan fingerprint density at radius 1 is 1.22 bits per heavy atom. The highest BCUT2D eigenvalue weighted by Gasteiger charge is 2.62. The van der Waals surface area contributed by atoms with Gasteiger partial charge in [0.2, 0.25) is 0 Å². The van der Waals surface area contributed by atoms with E-state index < -0.39 is 11.1 Å². The fourth-order valence-corrected chi connectivity index (χ4v) is 5.27. The van der Waals surface area contributed by atoms with Crippen LogP contribution in [0.1, 0.15) is 44.9 Å². The SMILES string of the molecule is O=C(N1CCCO1)C12CC3CC(CC(F)(C3)C1)C2. The fraction of sp³-hybridized carbons (Fsp3) is 0.929. The van der Waals surface area contributed by atoms with Crippen molar-refractivity contribution < 1.29 is 14.0 Å². The highest BCUT2D eigenvalue weighted by molar-refractivity contribution is 5.82. The molecule has 2 unspecified atom stereocenters. The van der Waals surface area contributed by atoms with Crippen LogP contribution in [-0.4, -0.2) is 29.8 Å². The molecule has 3 nitrogen and oxygen atoms in total. The third-order valence-corrected chi connectivity index (χ3v) is 5.42. The maximum Gasteiger partial charge on any atom is 0.252 e. The van der Waals surface area contributed by atoms with Crippen LogP contribution in [0.4, 0.5) is 4.39 Å². The molecule has 1 saturated heterocycles. The summed E-state index contributed by atoms with van der Waals surface area (Å²) in [7, 11) is 0. The van der Waals surface area contributed by atoms with Gasteiger partial charge in [0.15, 0.2) is 0 Å². The third kappa shape index (κ3) is 1.47. The van der Waals surface area contributed by atoms with E-state index in [4.69, 9.17) is 4.84 Å². The molecule has 0 N–H and O–H groups in total. The summed E-state index contributed by atoms with van der Waals surface area (Å²) in [5.74, 6) is 0.946. The van der Waals surface area contributed by atoms with Gasteiger partial charge in [-0.2, -0.15) is 0 Å². The summed E-state index contributed by atoms with van der Waals surface area (Å²) in [5.41, 5.74) is -1.48. The monoisotopic (exact) mass is 253 g/mol. The van der Waals surface area contributed by atoms with Crippen LogP contribution in [0.3, 0.4) is 0 Å². The molecule has 4 heteroatoms. The number of halogens is 1. The quantitative estimate of drug-likeness (QED) is 0.718. The first kappa shape index (κ1) is 11.2. The van der Waals surface area contributed by atoms with E-state index in [1.807, 2.05) is 0 Å². The highest BCUT2D eigenvalue weighted by atomic mass is 19.1. The largest absolute Gasteiger partial charge is 0.272 e. The van der Waals surface area contributed by atoms with Crippen LogP contribution in [0.15, 0.2) is 0 Å². The van der Waals surface area contributed by atoms with Crippen LogP contribution >= 0.6 is 0 Å². The number of carbonyl (C=O) groups is 1. The first-order valence-corrected chi connectivity index (χ1v) is 7.23. The first-order valence-electron chi connectivity index (χ1n) is 7.23. The number of carbonyl (C=O) groups excluding carboxylic acids is 1. The predicted octanol–water partition coefficient (Wildman–Crippen LogP) is 2.46. The molecule has 5 aliphatic rings. The van der Waals surface area contributed by atoms with E-state index in [1.54, 1.807) is 0 Å². The van der Waals surface area contributed by atoms with Gasteiger partial charge < -0.3 is 0 Å². The molecule has 1 heterocycles. The molecule has 0 aromatic carbocycles. The number of alkyl halides is 1. The molecule has 4 saturated carbocycles. The van der Waals surface area contributed by atoms with Gasteiger partial charge in [-0.05, 0) is 56.8 Å². The molecule has 2 atom stereocenters. The average molecular weight is 253 g/mol. The van der Waals surface area contributed by atoms with E-state index >= 15 is 0 Å². The minimum Gasteiger partial charge on any atom is -0.272 e. The topological polar surface area (TPSA) is 29.5 Å². The van der Waals surface area contributed by atoms with Crippen LogP contribution in [-0.2, 0) is 9.63 Å². The minimum atomic E-state index is -1.06. The van der Waals surface area contributed by atoms with E-state index in [-0.39, 0.29) is 5.91 Å². The maximum atomic E-state index is 14.8. The highest BCUT2D eigenvalue weighted by Crippen LogP contribution is 2.63. The van der Waals surface area contributed by atoms with Crippen LogP contribution in [0, 0.1) is 17.3 Å². The van der Waals surface area contributed by atoms with E-state index in [9.17, 15) is 9.18 Å². The lowest BCUT2D eigenvalue weighted by Crippen LogP contribution is -2.59. The molecule has 18 heavy (non-hydrogen) atoms. The molecular weight excluding hydrogens is 233 g/mol. The lowest BCUT2D eigenvalue weighted by Gasteiger charge is -2.58. The fourth-order valence-electron chi connectivity index (χ4n) is 5.27. The van der Waals surface area contributed by atoms with Crippen molar-refractivity contribution in [3.05, 3.63) is 0 Å². The first-order chi connectivity index (χ1) is 8.59. The molecule has 1 amide bonds. The second-order valence-electron chi connectivity index (χ2n) is 6.99. The average Bonchev–Trinajstić information content (AvgIpc) is 2.77. The van der Waals surface area contributed by atoms with Crippen LogP contribution < -0.4 is 0 Å². The lowest BCUT2D eigenvalue weighted by atomic mass is 9.48. The van der Waals surface area contributed by atoms with Gasteiger partial charge in [0, 0.05) is 0 Å². The maximum absolute atomic E-state index is 14.8. The van der Waals surface area contributed by atoms with Crippen molar-refractivity contribution in [2.75, 3.05) is 13.2 Å². The van der Waals surface area contributed by atoms with Gasteiger partial charge in [-0.3, -0.25) is 9.63 Å². The van der Waals surface area contributed by atoms with Crippen LogP contribution in [0.25, 0.3) is 0 Å². The van der Waals surface area contributed by atoms with Gasteiger partial charge >= 0.3 is 0 Å². The van der Waals surface area contributed by atoms with E-state index in [0.717, 1.165) is 25.7 Å². The van der Waals surface area contributed by atoms with Crippen LogP contribution in [0.2, 0.25) is 0 Å². The Kier molecular flexibility index (Phi) is 2.16. The zero-order valence-electron chi connectivity index (χ0n) is 10.7. The molecule has 5 rings (SSSR count). The normalized spacial score (nSPS) is 49.9. The van der Waals surface area contributed by atoms with Crippen molar-refractivity contribution in [1.82, 2.24) is 5.06 Å². The molecule has 4 bridgehead atoms. The van der Waals surface area contributed by atoms with Crippen molar-refractivity contribution in [2.24, 2.45) is 17.3 Å². The Balaban J connectivity index is 1.64. The molecule has 0 aromatic rings. The van der Waals surface area contributed by atoms with E-state index in [1.165, 1.54) is 5.06 Å². The van der Waals surface area contributed by atoms with Crippen molar-refractivity contribution in [3.8, 4) is 0 Å². The number of nitrogens with zero attached hydrogens (tertiary/aromatic N) is 1. The minimum absolute atomic E-state index is 0.0797. The van der Waals surface area contributed by atoms with Crippen LogP contribution in [0.5, 0.6) is 0 Å². The van der Waals surface area contributed by atoms with Crippen molar-refractivity contribution in [2.45, 2.75) is 50.6 Å². The molecule has 4 aliphatic carbocycles. The Bertz CT molecular complexity index is 377. The zero-order chi connectivity index (χ0) is 12.4. The second-order valence-corrected chi connectivity index (χ2v) is 6.99. The van der Waals surface area contributed by atoms with Gasteiger partial charge in [-0.25, -0.2) is 9.45 Å². The number of rotatable bonds is 1. The van der Waals surface area contributed by atoms with Gasteiger partial charge in [0.05, 0.1) is 18.6 Å². The summed E-state index contributed by atoms with van der Waals surface area (Å²) in [5, 5.41) is 1.52. The Morgan fingerprint density at radius 3 is 2.50 bits per heavy atom. The van der Waals surface area contributed by atoms with Crippen molar-refractivity contribution in [1.29, 1.82) is 0 Å². The van der Waals surface area contributed by atoms with Gasteiger partial charge in [0.25, 0.3) is 5.91 Å². The smallest absolute Gasteiger partial charge is 0.252 e. The Morgan fingerprint density at radius 2 is 1.94 bits per heavy atom. The summed E-state index contributed by atoms with van der Waals surface area (Å²) in [4.78, 5) is 18.1. The zero-order valence-corrected chi connectivity index (χ0v) is 10.7. The standard InChI is InChI=1S/C14H20FNO2/c15-14-7-10-4-11(8-14)6-13(5-10,9-14)12(17)16-2-1-3-18-16/h10-11H,1-9H2. The predicted molar refractivity (Wildman–Crippen MR) is 63.2 cm³/mol. The van der Waals surface area contributed by atoms with Crippen molar-refractivity contribution in [3.63, 3.8) is 0 Å². The number of amides is 1. The summed E-state index contributed by atoms with van der Waals surface area (Å²) < 4.78 is 14.8. The van der Waals surface area contributed by atoms with Gasteiger partial charge in [0.1, 0.15) is 5.67 Å². The molecular formula is C14H20FNO2. The summed E-state index contributed by atoms with van der Waals surface area (Å²) in [6, 6.07) is 0. The van der Waals surface area contributed by atoms with E-state index in [0.29, 0.717) is 44.2 Å². The third-order valence-electron chi connectivity index (χ3n) is 5.42. The van der Waals surface area contributed by atoms with E-state index in [2.05, 4.69) is 0 Å². The molecule has 0 spiro atoms. The number of hydrogen-bond donors (Lipinski definition) is 0. The molecule has 1 aliphatic heterocycles. The molecule has 0 radical (unpaired) electrons. The van der Waals surface area contributed by atoms with Gasteiger partial charge in [-0.1, -0.05) is 0 Å². The summed E-state index contributed by atoms with van der Waals surface area (Å²) in [6.07, 6.45) is 5.68. The van der Waals surface area contributed by atoms with Crippen molar-refractivity contribution >= 4 is 5.91 Å². The number of hydroxylamine groups is 2. The summed E-state index contributed by atoms with van der Waals surface area (Å²) in [6.45, 7) is 1.32. The Hall–Kier alpha value is -0.640. The second kappa shape index (κ2) is 3.47. The lowest BCUT2D eigenvalue weighted by molar-refractivity contribution is -0.201.